The standard InChI is InChI=1S/C11H17N3/c1-3-7-12-9-10(5-1)14-11-6-2-4-8-13-11/h2,4,6,8,10,12H,1,3,5,7,9H2,(H,13,14). The van der Waals surface area contributed by atoms with Gasteiger partial charge in [-0.2, -0.15) is 0 Å². The van der Waals surface area contributed by atoms with Crippen LogP contribution < -0.4 is 10.6 Å². The maximum Gasteiger partial charge on any atom is 0.126 e. The molecule has 14 heavy (non-hydrogen) atoms. The van der Waals surface area contributed by atoms with E-state index in [4.69, 9.17) is 0 Å². The van der Waals surface area contributed by atoms with Gasteiger partial charge in [0.15, 0.2) is 0 Å². The molecule has 1 aliphatic rings. The normalized spacial score (nSPS) is 22.7. The molecular weight excluding hydrogens is 174 g/mol. The smallest absolute Gasteiger partial charge is 0.126 e. The fourth-order valence-electron chi connectivity index (χ4n) is 1.80. The molecule has 0 amide bonds. The maximum absolute atomic E-state index is 4.26. The topological polar surface area (TPSA) is 37.0 Å². The molecule has 0 aliphatic carbocycles. The van der Waals surface area contributed by atoms with E-state index >= 15 is 0 Å². The van der Waals surface area contributed by atoms with Crippen molar-refractivity contribution < 1.29 is 0 Å². The van der Waals surface area contributed by atoms with Gasteiger partial charge in [0.05, 0.1) is 0 Å². The number of nitrogens with zero attached hydrogens (tertiary/aromatic N) is 1. The average molecular weight is 191 g/mol. The highest BCUT2D eigenvalue weighted by Gasteiger charge is 2.10. The molecule has 1 atom stereocenters. The highest BCUT2D eigenvalue weighted by Crippen LogP contribution is 2.09. The fourth-order valence-corrected chi connectivity index (χ4v) is 1.80. The first-order valence-electron chi connectivity index (χ1n) is 5.33. The van der Waals surface area contributed by atoms with Crippen LogP contribution in [0.3, 0.4) is 0 Å². The zero-order valence-electron chi connectivity index (χ0n) is 8.37. The molecule has 76 valence electrons. The first kappa shape index (κ1) is 9.46. The highest BCUT2D eigenvalue weighted by molar-refractivity contribution is 5.34. The Bertz CT molecular complexity index is 252. The molecule has 1 saturated heterocycles. The van der Waals surface area contributed by atoms with Crippen molar-refractivity contribution >= 4 is 5.82 Å². The van der Waals surface area contributed by atoms with Crippen LogP contribution in [0.4, 0.5) is 5.82 Å². The van der Waals surface area contributed by atoms with Gasteiger partial charge in [-0.15, -0.1) is 0 Å². The quantitative estimate of drug-likeness (QED) is 0.746. The molecule has 3 heteroatoms. The molecule has 0 aromatic carbocycles. The van der Waals surface area contributed by atoms with E-state index in [0.717, 1.165) is 18.9 Å². The number of rotatable bonds is 2. The minimum Gasteiger partial charge on any atom is -0.366 e. The Morgan fingerprint density at radius 2 is 2.36 bits per heavy atom. The Morgan fingerprint density at radius 3 is 3.21 bits per heavy atom. The van der Waals surface area contributed by atoms with Gasteiger partial charge < -0.3 is 10.6 Å². The molecule has 1 unspecified atom stereocenters. The lowest BCUT2D eigenvalue weighted by Crippen LogP contribution is -2.31. The van der Waals surface area contributed by atoms with Gasteiger partial charge in [-0.05, 0) is 31.5 Å². The number of hydrogen-bond acceptors (Lipinski definition) is 3. The van der Waals surface area contributed by atoms with Crippen LogP contribution in [0.2, 0.25) is 0 Å². The van der Waals surface area contributed by atoms with E-state index in [-0.39, 0.29) is 0 Å². The molecule has 1 aliphatic heterocycles. The van der Waals surface area contributed by atoms with Crippen molar-refractivity contribution in [2.75, 3.05) is 18.4 Å². The summed E-state index contributed by atoms with van der Waals surface area (Å²) in [6, 6.07) is 6.51. The summed E-state index contributed by atoms with van der Waals surface area (Å²) in [6.07, 6.45) is 5.66. The van der Waals surface area contributed by atoms with Gasteiger partial charge in [-0.1, -0.05) is 12.5 Å². The lowest BCUT2D eigenvalue weighted by molar-refractivity contribution is 0.634. The first-order valence-corrected chi connectivity index (χ1v) is 5.33. The molecule has 1 aromatic rings. The second kappa shape index (κ2) is 4.96. The monoisotopic (exact) mass is 191 g/mol. The molecule has 0 radical (unpaired) electrons. The Hall–Kier alpha value is -1.09. The lowest BCUT2D eigenvalue weighted by Gasteiger charge is -2.16. The Balaban J connectivity index is 1.90. The van der Waals surface area contributed by atoms with Gasteiger partial charge in [-0.3, -0.25) is 0 Å². The van der Waals surface area contributed by atoms with Crippen molar-refractivity contribution in [1.29, 1.82) is 0 Å². The molecule has 1 fully saturated rings. The molecule has 1 aromatic heterocycles. The molecule has 0 spiro atoms. The summed E-state index contributed by atoms with van der Waals surface area (Å²) in [7, 11) is 0. The predicted octanol–water partition coefficient (Wildman–Crippen LogP) is 1.64. The predicted molar refractivity (Wildman–Crippen MR) is 58.4 cm³/mol. The molecule has 2 rings (SSSR count). The van der Waals surface area contributed by atoms with Gasteiger partial charge in [0.1, 0.15) is 5.82 Å². The van der Waals surface area contributed by atoms with Gasteiger partial charge in [0.2, 0.25) is 0 Å². The maximum atomic E-state index is 4.26. The van der Waals surface area contributed by atoms with Crippen LogP contribution in [0.25, 0.3) is 0 Å². The summed E-state index contributed by atoms with van der Waals surface area (Å²) in [6.45, 7) is 2.21. The second-order valence-electron chi connectivity index (χ2n) is 3.76. The summed E-state index contributed by atoms with van der Waals surface area (Å²) < 4.78 is 0. The lowest BCUT2D eigenvalue weighted by atomic mass is 10.1. The Morgan fingerprint density at radius 1 is 1.36 bits per heavy atom. The Kier molecular flexibility index (Phi) is 3.35. The molecular formula is C11H17N3. The molecule has 0 saturated carbocycles. The molecule has 0 bridgehead atoms. The van der Waals surface area contributed by atoms with E-state index in [9.17, 15) is 0 Å². The van der Waals surface area contributed by atoms with Crippen molar-refractivity contribution in [3.05, 3.63) is 24.4 Å². The van der Waals surface area contributed by atoms with Gasteiger partial charge in [0.25, 0.3) is 0 Å². The number of nitrogens with one attached hydrogen (secondary N) is 2. The van der Waals surface area contributed by atoms with Crippen molar-refractivity contribution in [2.24, 2.45) is 0 Å². The van der Waals surface area contributed by atoms with E-state index in [1.54, 1.807) is 0 Å². The first-order chi connectivity index (χ1) is 6.95. The van der Waals surface area contributed by atoms with E-state index in [2.05, 4.69) is 15.6 Å². The zero-order valence-corrected chi connectivity index (χ0v) is 8.37. The van der Waals surface area contributed by atoms with Gasteiger partial charge >= 0.3 is 0 Å². The zero-order chi connectivity index (χ0) is 9.64. The molecule has 2 N–H and O–H groups in total. The van der Waals surface area contributed by atoms with Gasteiger partial charge in [0, 0.05) is 18.8 Å². The third-order valence-electron chi connectivity index (χ3n) is 2.56. The second-order valence-corrected chi connectivity index (χ2v) is 3.76. The minimum atomic E-state index is 0.535. The number of aromatic nitrogens is 1. The van der Waals surface area contributed by atoms with Crippen LogP contribution in [0.1, 0.15) is 19.3 Å². The van der Waals surface area contributed by atoms with Crippen molar-refractivity contribution in [3.63, 3.8) is 0 Å². The molecule has 3 nitrogen and oxygen atoms in total. The van der Waals surface area contributed by atoms with Crippen LogP contribution in [0, 0.1) is 0 Å². The van der Waals surface area contributed by atoms with Crippen molar-refractivity contribution in [1.82, 2.24) is 10.3 Å². The summed E-state index contributed by atoms with van der Waals surface area (Å²) >= 11 is 0. The van der Waals surface area contributed by atoms with Crippen molar-refractivity contribution in [3.8, 4) is 0 Å². The summed E-state index contributed by atoms with van der Waals surface area (Å²) in [5.74, 6) is 0.987. The highest BCUT2D eigenvalue weighted by atomic mass is 15.0. The number of pyridine rings is 1. The van der Waals surface area contributed by atoms with Crippen LogP contribution in [0.15, 0.2) is 24.4 Å². The SMILES string of the molecule is c1ccc(NC2CCCCNC2)nc1. The van der Waals surface area contributed by atoms with Crippen LogP contribution in [0.5, 0.6) is 0 Å². The fraction of sp³-hybridized carbons (Fsp3) is 0.545. The van der Waals surface area contributed by atoms with Crippen LogP contribution in [-0.2, 0) is 0 Å². The third kappa shape index (κ3) is 2.70. The minimum absolute atomic E-state index is 0.535. The number of anilines is 1. The van der Waals surface area contributed by atoms with Crippen LogP contribution in [-0.4, -0.2) is 24.1 Å². The van der Waals surface area contributed by atoms with Crippen LogP contribution >= 0.6 is 0 Å². The summed E-state index contributed by atoms with van der Waals surface area (Å²) in [5, 5.41) is 6.87. The largest absolute Gasteiger partial charge is 0.366 e. The summed E-state index contributed by atoms with van der Waals surface area (Å²) in [5.41, 5.74) is 0. The Labute approximate surface area is 84.9 Å². The molecule has 2 heterocycles. The van der Waals surface area contributed by atoms with E-state index in [0.29, 0.717) is 6.04 Å². The number of hydrogen-bond donors (Lipinski definition) is 2. The van der Waals surface area contributed by atoms with Gasteiger partial charge in [-0.25, -0.2) is 4.98 Å². The van der Waals surface area contributed by atoms with E-state index < -0.39 is 0 Å². The van der Waals surface area contributed by atoms with E-state index in [1.165, 1.54) is 19.3 Å². The van der Waals surface area contributed by atoms with E-state index in [1.807, 2.05) is 24.4 Å². The summed E-state index contributed by atoms with van der Waals surface area (Å²) in [4.78, 5) is 4.26. The third-order valence-corrected chi connectivity index (χ3v) is 2.56. The van der Waals surface area contributed by atoms with Crippen molar-refractivity contribution in [2.45, 2.75) is 25.3 Å². The average Bonchev–Trinajstić information content (AvgIpc) is 2.48.